The van der Waals surface area contributed by atoms with Crippen molar-refractivity contribution >= 4 is 23.0 Å². The Morgan fingerprint density at radius 1 is 1.39 bits per heavy atom. The first-order valence-electron chi connectivity index (χ1n) is 6.60. The number of nitrogens with one attached hydrogen (secondary N) is 1. The fraction of sp³-hybridized carbons (Fsp3) is 0.125. The summed E-state index contributed by atoms with van der Waals surface area (Å²) in [6.45, 7) is 5.45. The van der Waals surface area contributed by atoms with E-state index in [4.69, 9.17) is 10.5 Å². The van der Waals surface area contributed by atoms with Crippen molar-refractivity contribution in [2.75, 3.05) is 18.2 Å². The van der Waals surface area contributed by atoms with Gasteiger partial charge in [0.1, 0.15) is 17.1 Å². The Morgan fingerprint density at radius 2 is 2.09 bits per heavy atom. The lowest BCUT2D eigenvalue weighted by Gasteiger charge is -2.11. The summed E-state index contributed by atoms with van der Waals surface area (Å²) in [5.41, 5.74) is 5.74. The molecule has 2 rings (SSSR count). The summed E-state index contributed by atoms with van der Waals surface area (Å²) in [5.74, 6) is -2.72. The molecular weight excluding hydrogens is 304 g/mol. The van der Waals surface area contributed by atoms with Crippen molar-refractivity contribution in [2.24, 2.45) is 0 Å². The van der Waals surface area contributed by atoms with Crippen LogP contribution in [0.4, 0.5) is 20.2 Å². The normalized spacial score (nSPS) is 10.3. The van der Waals surface area contributed by atoms with E-state index in [1.807, 2.05) is 0 Å². The van der Waals surface area contributed by atoms with Gasteiger partial charge in [-0.25, -0.2) is 8.78 Å². The van der Waals surface area contributed by atoms with E-state index in [0.29, 0.717) is 17.0 Å². The van der Waals surface area contributed by atoms with Crippen LogP contribution in [0, 0.1) is 18.6 Å². The fourth-order valence-corrected chi connectivity index (χ4v) is 1.96. The van der Waals surface area contributed by atoms with Crippen molar-refractivity contribution in [3.8, 4) is 0 Å². The second kappa shape index (κ2) is 6.43. The van der Waals surface area contributed by atoms with Gasteiger partial charge in [0.15, 0.2) is 5.82 Å². The number of nitrogens with zero attached hydrogens (tertiary/aromatic N) is 1. The predicted molar refractivity (Wildman–Crippen MR) is 83.7 cm³/mol. The molecule has 0 saturated carbocycles. The number of pyridine rings is 1. The van der Waals surface area contributed by atoms with Crippen LogP contribution in [0.2, 0.25) is 0 Å². The molecule has 0 bridgehead atoms. The van der Waals surface area contributed by atoms with Crippen molar-refractivity contribution in [2.45, 2.75) is 6.92 Å². The quantitative estimate of drug-likeness (QED) is 0.670. The Kier molecular flexibility index (Phi) is 4.59. The molecule has 5 nitrogen and oxygen atoms in total. The number of amides is 1. The van der Waals surface area contributed by atoms with Crippen LogP contribution in [0.15, 0.2) is 31.0 Å². The fourth-order valence-electron chi connectivity index (χ4n) is 1.96. The molecule has 0 aliphatic rings. The lowest BCUT2D eigenvalue weighted by molar-refractivity contribution is 0.101. The average molecular weight is 319 g/mol. The van der Waals surface area contributed by atoms with Gasteiger partial charge in [-0.15, -0.1) is 0 Å². The number of nitrogens with two attached hydrogens (primary N) is 1. The zero-order chi connectivity index (χ0) is 17.1. The topological polar surface area (TPSA) is 77.2 Å². The molecule has 1 aromatic carbocycles. The van der Waals surface area contributed by atoms with Gasteiger partial charge in [-0.05, 0) is 25.1 Å². The van der Waals surface area contributed by atoms with E-state index in [-0.39, 0.29) is 11.4 Å². The first-order chi connectivity index (χ1) is 10.8. The van der Waals surface area contributed by atoms with Crippen molar-refractivity contribution in [1.29, 1.82) is 0 Å². The number of rotatable bonds is 4. The lowest BCUT2D eigenvalue weighted by Crippen LogP contribution is -2.17. The van der Waals surface area contributed by atoms with Crippen molar-refractivity contribution < 1.29 is 18.3 Å². The van der Waals surface area contributed by atoms with Gasteiger partial charge in [0, 0.05) is 11.3 Å². The van der Waals surface area contributed by atoms with E-state index in [2.05, 4.69) is 16.9 Å². The molecule has 0 fully saturated rings. The van der Waals surface area contributed by atoms with Gasteiger partial charge in [0.25, 0.3) is 5.91 Å². The number of aryl methyl sites for hydroxylation is 1. The SMILES string of the molecule is C=C(OC)c1cc(NC(=O)c2c(F)ccc(N)c2F)cnc1C. The molecule has 120 valence electrons. The summed E-state index contributed by atoms with van der Waals surface area (Å²) in [6, 6.07) is 3.53. The molecule has 23 heavy (non-hydrogen) atoms. The van der Waals surface area contributed by atoms with Gasteiger partial charge in [-0.3, -0.25) is 9.78 Å². The zero-order valence-corrected chi connectivity index (χ0v) is 12.6. The van der Waals surface area contributed by atoms with Gasteiger partial charge in [0.2, 0.25) is 0 Å². The van der Waals surface area contributed by atoms with Crippen LogP contribution in [-0.4, -0.2) is 18.0 Å². The monoisotopic (exact) mass is 319 g/mol. The first-order valence-corrected chi connectivity index (χ1v) is 6.60. The third-order valence-electron chi connectivity index (χ3n) is 3.24. The predicted octanol–water partition coefficient (Wildman–Crippen LogP) is 3.12. The molecule has 0 aliphatic carbocycles. The summed E-state index contributed by atoms with van der Waals surface area (Å²) in [6.07, 6.45) is 1.36. The van der Waals surface area contributed by atoms with Crippen LogP contribution < -0.4 is 11.1 Å². The molecule has 3 N–H and O–H groups in total. The smallest absolute Gasteiger partial charge is 0.261 e. The number of anilines is 2. The van der Waals surface area contributed by atoms with Crippen LogP contribution in [-0.2, 0) is 4.74 Å². The molecule has 0 unspecified atom stereocenters. The molecule has 7 heteroatoms. The number of carbonyl (C=O) groups is 1. The minimum absolute atomic E-state index is 0.245. The van der Waals surface area contributed by atoms with E-state index in [1.54, 1.807) is 13.0 Å². The maximum absolute atomic E-state index is 13.9. The minimum Gasteiger partial charge on any atom is -0.497 e. The van der Waals surface area contributed by atoms with E-state index < -0.39 is 23.1 Å². The van der Waals surface area contributed by atoms with Crippen LogP contribution in [0.1, 0.15) is 21.6 Å². The van der Waals surface area contributed by atoms with Gasteiger partial charge < -0.3 is 15.8 Å². The summed E-state index contributed by atoms with van der Waals surface area (Å²) in [4.78, 5) is 16.2. The third-order valence-corrected chi connectivity index (χ3v) is 3.24. The number of benzene rings is 1. The van der Waals surface area contributed by atoms with E-state index >= 15 is 0 Å². The van der Waals surface area contributed by atoms with Crippen LogP contribution >= 0.6 is 0 Å². The second-order valence-corrected chi connectivity index (χ2v) is 4.76. The highest BCUT2D eigenvalue weighted by molar-refractivity contribution is 6.05. The standard InChI is InChI=1S/C16H15F2N3O2/c1-8-11(9(2)23-3)6-10(7-20-8)21-16(22)14-12(17)4-5-13(19)15(14)18/h4-7H,2,19H2,1,3H3,(H,21,22). The highest BCUT2D eigenvalue weighted by atomic mass is 19.1. The number of nitrogen functional groups attached to an aromatic ring is 1. The van der Waals surface area contributed by atoms with Crippen LogP contribution in [0.5, 0.6) is 0 Å². The molecule has 0 atom stereocenters. The number of hydrogen-bond acceptors (Lipinski definition) is 4. The molecule has 1 amide bonds. The minimum atomic E-state index is -1.11. The highest BCUT2D eigenvalue weighted by Crippen LogP contribution is 2.23. The largest absolute Gasteiger partial charge is 0.497 e. The van der Waals surface area contributed by atoms with Crippen molar-refractivity contribution in [3.63, 3.8) is 0 Å². The Bertz CT molecular complexity index is 791. The zero-order valence-electron chi connectivity index (χ0n) is 12.6. The van der Waals surface area contributed by atoms with Gasteiger partial charge >= 0.3 is 0 Å². The third kappa shape index (κ3) is 3.28. The number of halogens is 2. The molecule has 1 heterocycles. The number of carbonyl (C=O) groups excluding carboxylic acids is 1. The molecular formula is C16H15F2N3O2. The number of aromatic nitrogens is 1. The van der Waals surface area contributed by atoms with E-state index in [1.165, 1.54) is 13.3 Å². The summed E-state index contributed by atoms with van der Waals surface area (Å²) < 4.78 is 32.6. The Labute approximate surface area is 131 Å². The van der Waals surface area contributed by atoms with Crippen LogP contribution in [0.3, 0.4) is 0 Å². The van der Waals surface area contributed by atoms with Crippen LogP contribution in [0.25, 0.3) is 5.76 Å². The summed E-state index contributed by atoms with van der Waals surface area (Å²) in [7, 11) is 1.45. The maximum Gasteiger partial charge on any atom is 0.261 e. The first kappa shape index (κ1) is 16.4. The molecule has 2 aromatic rings. The van der Waals surface area contributed by atoms with Crippen molar-refractivity contribution in [1.82, 2.24) is 4.98 Å². The second-order valence-electron chi connectivity index (χ2n) is 4.76. The van der Waals surface area contributed by atoms with E-state index in [9.17, 15) is 13.6 Å². The highest BCUT2D eigenvalue weighted by Gasteiger charge is 2.20. The van der Waals surface area contributed by atoms with E-state index in [0.717, 1.165) is 12.1 Å². The maximum atomic E-state index is 13.9. The van der Waals surface area contributed by atoms with Gasteiger partial charge in [-0.1, -0.05) is 6.58 Å². The molecule has 1 aromatic heterocycles. The molecule has 0 saturated heterocycles. The molecule has 0 radical (unpaired) electrons. The number of hydrogen-bond donors (Lipinski definition) is 2. The lowest BCUT2D eigenvalue weighted by atomic mass is 10.1. The average Bonchev–Trinajstić information content (AvgIpc) is 2.52. The summed E-state index contributed by atoms with van der Waals surface area (Å²) in [5, 5.41) is 2.38. The Balaban J connectivity index is 2.35. The number of ether oxygens (including phenoxy) is 1. The Hall–Kier alpha value is -2.96. The van der Waals surface area contributed by atoms with Gasteiger partial charge in [0.05, 0.1) is 24.7 Å². The molecule has 0 aliphatic heterocycles. The molecule has 0 spiro atoms. The van der Waals surface area contributed by atoms with Gasteiger partial charge in [-0.2, -0.15) is 0 Å². The Morgan fingerprint density at radius 3 is 2.74 bits per heavy atom. The van der Waals surface area contributed by atoms with Crippen molar-refractivity contribution in [3.05, 3.63) is 59.4 Å². The summed E-state index contributed by atoms with van der Waals surface area (Å²) >= 11 is 0. The number of methoxy groups -OCH3 is 1.